The van der Waals surface area contributed by atoms with Gasteiger partial charge in [-0.05, 0) is 0 Å². The average molecular weight is 310 g/mol. The Labute approximate surface area is 135 Å². The van der Waals surface area contributed by atoms with Gasteiger partial charge in [0.25, 0.3) is 0 Å². The Hall–Kier alpha value is -2.88. The van der Waals surface area contributed by atoms with Gasteiger partial charge in [-0.25, -0.2) is 9.59 Å². The number of benzene rings is 2. The first-order valence-corrected chi connectivity index (χ1v) is 7.40. The van der Waals surface area contributed by atoms with E-state index in [-0.39, 0.29) is 5.57 Å². The smallest absolute Gasteiger partial charge is 0.348 e. The van der Waals surface area contributed by atoms with Gasteiger partial charge in [0.15, 0.2) is 0 Å². The van der Waals surface area contributed by atoms with Gasteiger partial charge in [0.1, 0.15) is 5.57 Å². The molecule has 0 aromatic heterocycles. The Kier molecular flexibility index (Phi) is 4.96. The van der Waals surface area contributed by atoms with Crippen LogP contribution in [0.1, 0.15) is 25.0 Å². The number of esters is 2. The van der Waals surface area contributed by atoms with Crippen molar-refractivity contribution in [2.75, 3.05) is 0 Å². The number of ether oxygens (including phenoxy) is 2. The van der Waals surface area contributed by atoms with E-state index in [0.29, 0.717) is 11.1 Å². The van der Waals surface area contributed by atoms with Crippen LogP contribution in [0.3, 0.4) is 0 Å². The molecule has 0 amide bonds. The first-order valence-electron chi connectivity index (χ1n) is 7.40. The molecular formula is C19H18O4. The highest BCUT2D eigenvalue weighted by molar-refractivity contribution is 6.15. The SMILES string of the molecule is C=C1C(=O)OC(c2ccccc2)(c2ccccc2)OC1=O.CC. The second kappa shape index (κ2) is 6.92. The van der Waals surface area contributed by atoms with Crippen molar-refractivity contribution < 1.29 is 19.1 Å². The van der Waals surface area contributed by atoms with E-state index in [0.717, 1.165) is 0 Å². The van der Waals surface area contributed by atoms with Crippen LogP contribution >= 0.6 is 0 Å². The highest BCUT2D eigenvalue weighted by Crippen LogP contribution is 2.39. The fraction of sp³-hybridized carbons (Fsp3) is 0.158. The summed E-state index contributed by atoms with van der Waals surface area (Å²) in [6, 6.07) is 17.7. The summed E-state index contributed by atoms with van der Waals surface area (Å²) in [7, 11) is 0. The monoisotopic (exact) mass is 310 g/mol. The third-order valence-corrected chi connectivity index (χ3v) is 3.27. The number of carbonyl (C=O) groups is 2. The summed E-state index contributed by atoms with van der Waals surface area (Å²) in [5.41, 5.74) is 0.813. The van der Waals surface area contributed by atoms with Gasteiger partial charge in [-0.15, -0.1) is 0 Å². The van der Waals surface area contributed by atoms with Crippen molar-refractivity contribution >= 4 is 11.9 Å². The number of hydrogen-bond acceptors (Lipinski definition) is 4. The molecule has 23 heavy (non-hydrogen) atoms. The highest BCUT2D eigenvalue weighted by Gasteiger charge is 2.48. The standard InChI is InChI=1S/C17H12O4.C2H6/c1-12-15(18)20-17(21-16(12)19,13-8-4-2-5-9-13)14-10-6-3-7-11-14;1-2/h2-11H,1H2;1-2H3. The van der Waals surface area contributed by atoms with Crippen molar-refractivity contribution in [3.05, 3.63) is 83.9 Å². The lowest BCUT2D eigenvalue weighted by atomic mass is 9.96. The molecule has 0 N–H and O–H groups in total. The third kappa shape index (κ3) is 3.01. The molecule has 0 bridgehead atoms. The van der Waals surface area contributed by atoms with E-state index in [9.17, 15) is 9.59 Å². The predicted molar refractivity (Wildman–Crippen MR) is 86.3 cm³/mol. The summed E-state index contributed by atoms with van der Waals surface area (Å²) in [6.45, 7) is 7.38. The van der Waals surface area contributed by atoms with Crippen LogP contribution in [-0.2, 0) is 24.8 Å². The Morgan fingerprint density at radius 3 is 1.43 bits per heavy atom. The maximum Gasteiger partial charge on any atom is 0.348 e. The van der Waals surface area contributed by atoms with Crippen molar-refractivity contribution in [1.82, 2.24) is 0 Å². The van der Waals surface area contributed by atoms with Crippen molar-refractivity contribution in [3.63, 3.8) is 0 Å². The fourth-order valence-corrected chi connectivity index (χ4v) is 2.21. The second-order valence-electron chi connectivity index (χ2n) is 4.61. The Balaban J connectivity index is 0.000000924. The topological polar surface area (TPSA) is 52.6 Å². The lowest BCUT2D eigenvalue weighted by Crippen LogP contribution is -2.44. The summed E-state index contributed by atoms with van der Waals surface area (Å²) in [4.78, 5) is 23.9. The quantitative estimate of drug-likeness (QED) is 0.483. The van der Waals surface area contributed by atoms with Crippen LogP contribution in [0.2, 0.25) is 0 Å². The summed E-state index contributed by atoms with van der Waals surface area (Å²) in [6.07, 6.45) is 0. The molecule has 118 valence electrons. The summed E-state index contributed by atoms with van der Waals surface area (Å²) in [5.74, 6) is -3.13. The van der Waals surface area contributed by atoms with Crippen LogP contribution < -0.4 is 0 Å². The molecule has 3 rings (SSSR count). The molecule has 0 aliphatic carbocycles. The number of rotatable bonds is 2. The molecule has 1 heterocycles. The van der Waals surface area contributed by atoms with Gasteiger partial charge in [-0.1, -0.05) is 81.1 Å². The largest absolute Gasteiger partial charge is 0.410 e. The molecule has 4 nitrogen and oxygen atoms in total. The van der Waals surface area contributed by atoms with E-state index >= 15 is 0 Å². The minimum Gasteiger partial charge on any atom is -0.410 e. The second-order valence-corrected chi connectivity index (χ2v) is 4.61. The molecule has 0 spiro atoms. The molecule has 4 heteroatoms. The lowest BCUT2D eigenvalue weighted by molar-refractivity contribution is -0.225. The first kappa shape index (κ1) is 16.5. The zero-order valence-corrected chi connectivity index (χ0v) is 13.1. The fourth-order valence-electron chi connectivity index (χ4n) is 2.21. The van der Waals surface area contributed by atoms with Crippen LogP contribution in [0.15, 0.2) is 72.8 Å². The number of hydrogen-bond donors (Lipinski definition) is 0. The maximum absolute atomic E-state index is 11.9. The van der Waals surface area contributed by atoms with Gasteiger partial charge >= 0.3 is 17.7 Å². The van der Waals surface area contributed by atoms with Crippen LogP contribution in [0.25, 0.3) is 0 Å². The predicted octanol–water partition coefficient (Wildman–Crippen LogP) is 3.57. The molecule has 1 fully saturated rings. The van der Waals surface area contributed by atoms with Crippen molar-refractivity contribution in [2.45, 2.75) is 19.6 Å². The van der Waals surface area contributed by atoms with Gasteiger partial charge in [0, 0.05) is 11.1 Å². The highest BCUT2D eigenvalue weighted by atomic mass is 16.7. The molecule has 0 unspecified atom stereocenters. The summed E-state index contributed by atoms with van der Waals surface area (Å²) in [5, 5.41) is 0. The minimum absolute atomic E-state index is 0.308. The number of cyclic esters (lactones) is 2. The van der Waals surface area contributed by atoms with Crippen LogP contribution in [-0.4, -0.2) is 11.9 Å². The molecule has 1 saturated heterocycles. The lowest BCUT2D eigenvalue weighted by Gasteiger charge is -2.36. The average Bonchev–Trinajstić information content (AvgIpc) is 2.62. The van der Waals surface area contributed by atoms with Crippen LogP contribution in [0, 0.1) is 0 Å². The number of carbonyl (C=O) groups excluding carboxylic acids is 2. The maximum atomic E-state index is 11.9. The normalized spacial score (nSPS) is 15.8. The van der Waals surface area contributed by atoms with Crippen LogP contribution in [0.5, 0.6) is 0 Å². The van der Waals surface area contributed by atoms with Gasteiger partial charge in [-0.2, -0.15) is 0 Å². The molecule has 0 atom stereocenters. The Morgan fingerprint density at radius 2 is 1.09 bits per heavy atom. The minimum atomic E-state index is -1.57. The summed E-state index contributed by atoms with van der Waals surface area (Å²) < 4.78 is 10.9. The van der Waals surface area contributed by atoms with E-state index < -0.39 is 17.7 Å². The molecule has 2 aromatic rings. The zero-order valence-electron chi connectivity index (χ0n) is 13.1. The van der Waals surface area contributed by atoms with E-state index in [1.54, 1.807) is 48.5 Å². The van der Waals surface area contributed by atoms with Crippen molar-refractivity contribution in [1.29, 1.82) is 0 Å². The van der Waals surface area contributed by atoms with Crippen LogP contribution in [0.4, 0.5) is 0 Å². The van der Waals surface area contributed by atoms with Crippen molar-refractivity contribution in [2.24, 2.45) is 0 Å². The van der Waals surface area contributed by atoms with E-state index in [1.807, 2.05) is 26.0 Å². The van der Waals surface area contributed by atoms with Gasteiger partial charge < -0.3 is 9.47 Å². The molecule has 2 aromatic carbocycles. The van der Waals surface area contributed by atoms with Gasteiger partial charge in [0.2, 0.25) is 0 Å². The van der Waals surface area contributed by atoms with Crippen molar-refractivity contribution in [3.8, 4) is 0 Å². The molecule has 1 aliphatic heterocycles. The Bertz CT molecular complexity index is 643. The van der Waals surface area contributed by atoms with E-state index in [1.165, 1.54) is 0 Å². The van der Waals surface area contributed by atoms with Gasteiger partial charge in [-0.3, -0.25) is 0 Å². The van der Waals surface area contributed by atoms with Gasteiger partial charge in [0.05, 0.1) is 0 Å². The molecule has 1 aliphatic rings. The molecule has 0 saturated carbocycles. The third-order valence-electron chi connectivity index (χ3n) is 3.27. The van der Waals surface area contributed by atoms with E-state index in [4.69, 9.17) is 9.47 Å². The van der Waals surface area contributed by atoms with E-state index in [2.05, 4.69) is 6.58 Å². The zero-order chi connectivity index (χ0) is 16.9. The molecule has 0 radical (unpaired) electrons. The summed E-state index contributed by atoms with van der Waals surface area (Å²) >= 11 is 0. The first-order chi connectivity index (χ1) is 11.1. The molecular weight excluding hydrogens is 292 g/mol. The Morgan fingerprint density at radius 1 is 0.739 bits per heavy atom.